The minimum absolute atomic E-state index is 0.00300. The van der Waals surface area contributed by atoms with Crippen LogP contribution in [0.3, 0.4) is 0 Å². The summed E-state index contributed by atoms with van der Waals surface area (Å²) in [6, 6.07) is 9.09. The van der Waals surface area contributed by atoms with Crippen LogP contribution in [-0.4, -0.2) is 22.4 Å². The predicted octanol–water partition coefficient (Wildman–Crippen LogP) is 3.81. The molecule has 29 heavy (non-hydrogen) atoms. The van der Waals surface area contributed by atoms with Crippen molar-refractivity contribution in [2.75, 3.05) is 5.73 Å². The van der Waals surface area contributed by atoms with Gasteiger partial charge in [-0.25, -0.2) is 31.1 Å². The number of aryl methyl sites for hydroxylation is 2. The van der Waals surface area contributed by atoms with Gasteiger partial charge in [-0.1, -0.05) is 17.7 Å². The SMILES string of the molecule is Cc1ccc(S(=O)(=O)n2cc(-c3ncc(F)c(N)n3)c3cc(C)cc(F)c32)cc1. The smallest absolute Gasteiger partial charge is 0.268 e. The summed E-state index contributed by atoms with van der Waals surface area (Å²) in [5, 5.41) is 0.282. The molecule has 2 aromatic heterocycles. The lowest BCUT2D eigenvalue weighted by Crippen LogP contribution is -2.12. The lowest BCUT2D eigenvalue weighted by atomic mass is 10.1. The Kier molecular flexibility index (Phi) is 4.34. The molecular formula is C20H16F2N4O2S. The van der Waals surface area contributed by atoms with Gasteiger partial charge in [-0.05, 0) is 43.7 Å². The number of halogens is 2. The lowest BCUT2D eigenvalue weighted by Gasteiger charge is -2.08. The number of benzene rings is 2. The van der Waals surface area contributed by atoms with E-state index in [9.17, 15) is 17.2 Å². The second-order valence-corrected chi connectivity index (χ2v) is 8.54. The third-order valence-electron chi connectivity index (χ3n) is 4.55. The third-order valence-corrected chi connectivity index (χ3v) is 6.23. The molecule has 9 heteroatoms. The number of nitrogen functional groups attached to an aromatic ring is 1. The van der Waals surface area contributed by atoms with Crippen molar-refractivity contribution < 1.29 is 17.2 Å². The summed E-state index contributed by atoms with van der Waals surface area (Å²) >= 11 is 0. The van der Waals surface area contributed by atoms with E-state index in [1.165, 1.54) is 24.4 Å². The lowest BCUT2D eigenvalue weighted by molar-refractivity contribution is 0.586. The fourth-order valence-electron chi connectivity index (χ4n) is 3.12. The van der Waals surface area contributed by atoms with Gasteiger partial charge >= 0.3 is 0 Å². The molecule has 0 bridgehead atoms. The van der Waals surface area contributed by atoms with E-state index in [0.29, 0.717) is 5.56 Å². The van der Waals surface area contributed by atoms with Crippen molar-refractivity contribution in [1.29, 1.82) is 0 Å². The second-order valence-electron chi connectivity index (χ2n) is 6.73. The van der Waals surface area contributed by atoms with Gasteiger partial charge in [0, 0.05) is 17.1 Å². The zero-order chi connectivity index (χ0) is 20.9. The van der Waals surface area contributed by atoms with Crippen LogP contribution in [0.5, 0.6) is 0 Å². The van der Waals surface area contributed by atoms with Gasteiger partial charge in [0.1, 0.15) is 11.3 Å². The molecule has 0 aliphatic carbocycles. The maximum Gasteiger partial charge on any atom is 0.268 e. The number of rotatable bonds is 3. The Labute approximate surface area is 165 Å². The van der Waals surface area contributed by atoms with Crippen LogP contribution in [0.1, 0.15) is 11.1 Å². The number of anilines is 1. The Balaban J connectivity index is 2.05. The first-order chi connectivity index (χ1) is 13.7. The van der Waals surface area contributed by atoms with Crippen LogP contribution in [0.4, 0.5) is 14.6 Å². The highest BCUT2D eigenvalue weighted by Crippen LogP contribution is 2.34. The average Bonchev–Trinajstić information content (AvgIpc) is 3.05. The number of nitrogens with zero attached hydrogens (tertiary/aromatic N) is 3. The molecule has 2 aromatic carbocycles. The van der Waals surface area contributed by atoms with Crippen LogP contribution in [-0.2, 0) is 10.0 Å². The van der Waals surface area contributed by atoms with E-state index in [-0.39, 0.29) is 33.0 Å². The Bertz CT molecular complexity index is 1360. The number of hydrogen-bond acceptors (Lipinski definition) is 5. The molecule has 0 aliphatic rings. The summed E-state index contributed by atoms with van der Waals surface area (Å²) in [4.78, 5) is 7.80. The summed E-state index contributed by atoms with van der Waals surface area (Å²) in [5.74, 6) is -1.90. The van der Waals surface area contributed by atoms with Crippen molar-refractivity contribution in [3.63, 3.8) is 0 Å². The van der Waals surface area contributed by atoms with Crippen molar-refractivity contribution in [2.24, 2.45) is 0 Å². The van der Waals surface area contributed by atoms with Crippen molar-refractivity contribution in [3.8, 4) is 11.4 Å². The molecule has 4 aromatic rings. The molecule has 0 fully saturated rings. The van der Waals surface area contributed by atoms with Crippen molar-refractivity contribution >= 4 is 26.7 Å². The molecule has 0 saturated carbocycles. The largest absolute Gasteiger partial charge is 0.381 e. The fourth-order valence-corrected chi connectivity index (χ4v) is 4.49. The third kappa shape index (κ3) is 3.13. The number of aromatic nitrogens is 3. The van der Waals surface area contributed by atoms with E-state index < -0.39 is 21.7 Å². The summed E-state index contributed by atoms with van der Waals surface area (Å²) in [5.41, 5.74) is 7.09. The molecule has 0 amide bonds. The molecule has 0 atom stereocenters. The Morgan fingerprint density at radius 2 is 1.69 bits per heavy atom. The zero-order valence-electron chi connectivity index (χ0n) is 15.5. The Hall–Kier alpha value is -3.33. The first kappa shape index (κ1) is 19.0. The molecule has 148 valence electrons. The van der Waals surface area contributed by atoms with E-state index in [0.717, 1.165) is 15.7 Å². The fraction of sp³-hybridized carbons (Fsp3) is 0.100. The summed E-state index contributed by atoms with van der Waals surface area (Å²) in [6.45, 7) is 3.51. The van der Waals surface area contributed by atoms with Crippen LogP contribution in [0, 0.1) is 25.5 Å². The van der Waals surface area contributed by atoms with Crippen LogP contribution in [0.2, 0.25) is 0 Å². The summed E-state index contributed by atoms with van der Waals surface area (Å²) in [6.07, 6.45) is 2.12. The minimum atomic E-state index is -4.11. The van der Waals surface area contributed by atoms with E-state index in [1.54, 1.807) is 25.1 Å². The standard InChI is InChI=1S/C20H16F2N4O2S/c1-11-3-5-13(6-4-11)29(27,28)26-10-15(20-24-9-17(22)19(23)25-20)14-7-12(2)8-16(21)18(14)26/h3-10H,1-2H3,(H2,23,24,25). The quantitative estimate of drug-likeness (QED) is 0.550. The highest BCUT2D eigenvalue weighted by atomic mass is 32.2. The molecule has 2 heterocycles. The minimum Gasteiger partial charge on any atom is -0.381 e. The average molecular weight is 414 g/mol. The Morgan fingerprint density at radius 1 is 1.00 bits per heavy atom. The first-order valence-electron chi connectivity index (χ1n) is 8.60. The highest BCUT2D eigenvalue weighted by molar-refractivity contribution is 7.90. The molecule has 0 spiro atoms. The first-order valence-corrected chi connectivity index (χ1v) is 10.0. The van der Waals surface area contributed by atoms with E-state index in [4.69, 9.17) is 5.73 Å². The van der Waals surface area contributed by atoms with E-state index >= 15 is 0 Å². The van der Waals surface area contributed by atoms with Gasteiger partial charge in [-0.2, -0.15) is 0 Å². The number of hydrogen-bond donors (Lipinski definition) is 1. The molecule has 0 unspecified atom stereocenters. The maximum absolute atomic E-state index is 14.9. The summed E-state index contributed by atoms with van der Waals surface area (Å²) in [7, 11) is -4.11. The maximum atomic E-state index is 14.9. The topological polar surface area (TPSA) is 90.9 Å². The van der Waals surface area contributed by atoms with Gasteiger partial charge in [-0.15, -0.1) is 0 Å². The van der Waals surface area contributed by atoms with Crippen LogP contribution >= 0.6 is 0 Å². The van der Waals surface area contributed by atoms with E-state index in [2.05, 4.69) is 9.97 Å². The monoisotopic (exact) mass is 414 g/mol. The molecule has 4 rings (SSSR count). The predicted molar refractivity (Wildman–Crippen MR) is 106 cm³/mol. The Morgan fingerprint density at radius 3 is 2.34 bits per heavy atom. The van der Waals surface area contributed by atoms with Gasteiger partial charge in [0.15, 0.2) is 17.5 Å². The molecular weight excluding hydrogens is 398 g/mol. The van der Waals surface area contributed by atoms with Gasteiger partial charge in [0.05, 0.1) is 11.1 Å². The van der Waals surface area contributed by atoms with Crippen molar-refractivity contribution in [1.82, 2.24) is 13.9 Å². The van der Waals surface area contributed by atoms with Crippen LogP contribution in [0.15, 0.2) is 53.7 Å². The highest BCUT2D eigenvalue weighted by Gasteiger charge is 2.25. The van der Waals surface area contributed by atoms with Crippen LogP contribution in [0.25, 0.3) is 22.3 Å². The number of nitrogens with two attached hydrogens (primary N) is 1. The molecule has 2 N–H and O–H groups in total. The van der Waals surface area contributed by atoms with E-state index in [1.807, 2.05) is 6.92 Å². The molecule has 0 aliphatic heterocycles. The van der Waals surface area contributed by atoms with Crippen molar-refractivity contribution in [3.05, 3.63) is 71.6 Å². The molecule has 0 saturated heterocycles. The van der Waals surface area contributed by atoms with Crippen LogP contribution < -0.4 is 5.73 Å². The van der Waals surface area contributed by atoms with Gasteiger partial charge in [-0.3, -0.25) is 0 Å². The second kappa shape index (κ2) is 6.63. The van der Waals surface area contributed by atoms with Gasteiger partial charge in [0.2, 0.25) is 0 Å². The normalized spacial score (nSPS) is 11.9. The van der Waals surface area contributed by atoms with Crippen molar-refractivity contribution in [2.45, 2.75) is 18.7 Å². The zero-order valence-corrected chi connectivity index (χ0v) is 16.3. The molecule has 6 nitrogen and oxygen atoms in total. The van der Waals surface area contributed by atoms with Gasteiger partial charge in [0.25, 0.3) is 10.0 Å². The molecule has 0 radical (unpaired) electrons. The number of fused-ring (bicyclic) bond motifs is 1. The summed E-state index contributed by atoms with van der Waals surface area (Å²) < 4.78 is 55.7. The van der Waals surface area contributed by atoms with Gasteiger partial charge < -0.3 is 5.73 Å².